The van der Waals surface area contributed by atoms with Crippen molar-refractivity contribution in [2.45, 2.75) is 40.0 Å². The third-order valence-electron chi connectivity index (χ3n) is 3.70. The van der Waals surface area contributed by atoms with Gasteiger partial charge in [0.1, 0.15) is 5.82 Å². The van der Waals surface area contributed by atoms with Crippen LogP contribution in [0.5, 0.6) is 0 Å². The van der Waals surface area contributed by atoms with E-state index in [0.717, 1.165) is 19.3 Å². The molecule has 1 aromatic rings. The summed E-state index contributed by atoms with van der Waals surface area (Å²) in [6.45, 7) is 9.43. The van der Waals surface area contributed by atoms with E-state index in [0.29, 0.717) is 18.0 Å². The Bertz CT molecular complexity index is 818. The normalized spacial score (nSPS) is 14.0. The molecule has 0 saturated heterocycles. The zero-order chi connectivity index (χ0) is 19.3. The monoisotopic (exact) mass is 358 g/mol. The number of unbranched alkanes of at least 4 members (excludes halogenated alkanes) is 2. The van der Waals surface area contributed by atoms with E-state index in [1.807, 2.05) is 0 Å². The minimum absolute atomic E-state index is 0.00616. The molecule has 0 fully saturated rings. The van der Waals surface area contributed by atoms with Gasteiger partial charge in [-0.15, -0.1) is 0 Å². The molecule has 1 aliphatic heterocycles. The topological polar surface area (TPSA) is 118 Å². The molecule has 2 rings (SSSR count). The second-order valence-electron chi connectivity index (χ2n) is 5.89. The van der Waals surface area contributed by atoms with E-state index in [2.05, 4.69) is 39.2 Å². The SMILES string of the molecule is C=C1C(=O)N=C(n2nc(C)cc2NC(=O)C(=O)NCCCCC)N=C1C. The second-order valence-corrected chi connectivity index (χ2v) is 5.89. The van der Waals surface area contributed by atoms with Crippen LogP contribution in [0, 0.1) is 6.92 Å². The Morgan fingerprint density at radius 3 is 2.58 bits per heavy atom. The van der Waals surface area contributed by atoms with Crippen LogP contribution < -0.4 is 10.6 Å². The molecular weight excluding hydrogens is 336 g/mol. The van der Waals surface area contributed by atoms with Crippen molar-refractivity contribution in [2.24, 2.45) is 9.98 Å². The molecule has 1 aliphatic rings. The van der Waals surface area contributed by atoms with E-state index in [4.69, 9.17) is 0 Å². The Labute approximate surface area is 151 Å². The molecule has 9 nitrogen and oxygen atoms in total. The molecule has 0 radical (unpaired) electrons. The highest BCUT2D eigenvalue weighted by Gasteiger charge is 2.22. The lowest BCUT2D eigenvalue weighted by molar-refractivity contribution is -0.136. The molecule has 138 valence electrons. The van der Waals surface area contributed by atoms with Gasteiger partial charge in [0.15, 0.2) is 0 Å². The first kappa shape index (κ1) is 19.2. The summed E-state index contributed by atoms with van der Waals surface area (Å²) in [5.41, 5.74) is 1.19. The number of aliphatic imine (C=N–C) groups is 2. The maximum Gasteiger partial charge on any atom is 0.314 e. The molecule has 0 aliphatic carbocycles. The predicted octanol–water partition coefficient (Wildman–Crippen LogP) is 1.20. The molecular formula is C17H22N6O3. The quantitative estimate of drug-likeness (QED) is 0.467. The van der Waals surface area contributed by atoms with Gasteiger partial charge < -0.3 is 10.6 Å². The van der Waals surface area contributed by atoms with E-state index < -0.39 is 17.7 Å². The molecule has 0 atom stereocenters. The van der Waals surface area contributed by atoms with Crippen LogP contribution in [0.4, 0.5) is 5.82 Å². The molecule has 0 saturated carbocycles. The van der Waals surface area contributed by atoms with Gasteiger partial charge in [-0.3, -0.25) is 14.4 Å². The highest BCUT2D eigenvalue weighted by atomic mass is 16.2. The van der Waals surface area contributed by atoms with Crippen molar-refractivity contribution in [2.75, 3.05) is 11.9 Å². The molecule has 3 amide bonds. The van der Waals surface area contributed by atoms with E-state index in [1.54, 1.807) is 19.9 Å². The average Bonchev–Trinajstić information content (AvgIpc) is 2.96. The fourth-order valence-electron chi connectivity index (χ4n) is 2.22. The molecule has 2 heterocycles. The molecule has 1 aromatic heterocycles. The Kier molecular flexibility index (Phi) is 6.16. The molecule has 26 heavy (non-hydrogen) atoms. The van der Waals surface area contributed by atoms with Gasteiger partial charge in [0, 0.05) is 12.6 Å². The van der Waals surface area contributed by atoms with Crippen LogP contribution in [0.25, 0.3) is 0 Å². The first-order valence-electron chi connectivity index (χ1n) is 8.37. The fourth-order valence-corrected chi connectivity index (χ4v) is 2.22. The molecule has 0 unspecified atom stereocenters. The van der Waals surface area contributed by atoms with Gasteiger partial charge in [0.05, 0.1) is 17.0 Å². The van der Waals surface area contributed by atoms with Gasteiger partial charge in [-0.1, -0.05) is 26.3 Å². The van der Waals surface area contributed by atoms with E-state index in [9.17, 15) is 14.4 Å². The molecule has 9 heteroatoms. The van der Waals surface area contributed by atoms with Crippen molar-refractivity contribution < 1.29 is 14.4 Å². The lowest BCUT2D eigenvalue weighted by Crippen LogP contribution is -2.36. The standard InChI is InChI=1S/C17H22N6O3/c1-5-6-7-8-18-15(25)16(26)20-13-9-10(2)22-23(13)17-19-12(4)11(3)14(24)21-17/h9H,3,5-8H2,1-2,4H3,(H,18,25)(H,20,26). The number of aryl methyl sites for hydroxylation is 1. The van der Waals surface area contributed by atoms with Gasteiger partial charge in [0.2, 0.25) is 0 Å². The van der Waals surface area contributed by atoms with Crippen molar-refractivity contribution >= 4 is 35.2 Å². The third kappa shape index (κ3) is 4.50. The van der Waals surface area contributed by atoms with Crippen LogP contribution in [0.1, 0.15) is 38.8 Å². The number of carbonyl (C=O) groups excluding carboxylic acids is 3. The zero-order valence-corrected chi connectivity index (χ0v) is 15.1. The summed E-state index contributed by atoms with van der Waals surface area (Å²) in [7, 11) is 0. The highest BCUT2D eigenvalue weighted by molar-refractivity contribution is 6.39. The van der Waals surface area contributed by atoms with Crippen LogP contribution in [-0.2, 0) is 14.4 Å². The number of aromatic nitrogens is 2. The Morgan fingerprint density at radius 2 is 1.92 bits per heavy atom. The molecule has 0 bridgehead atoms. The number of rotatable bonds is 5. The number of hydrogen-bond donors (Lipinski definition) is 2. The summed E-state index contributed by atoms with van der Waals surface area (Å²) in [5, 5.41) is 9.21. The summed E-state index contributed by atoms with van der Waals surface area (Å²) in [4.78, 5) is 43.8. The second kappa shape index (κ2) is 8.32. The molecule has 0 aromatic carbocycles. The lowest BCUT2D eigenvalue weighted by Gasteiger charge is -2.12. The smallest absolute Gasteiger partial charge is 0.314 e. The van der Waals surface area contributed by atoms with Crippen LogP contribution in [-0.4, -0.2) is 45.7 Å². The average molecular weight is 358 g/mol. The highest BCUT2D eigenvalue weighted by Crippen LogP contribution is 2.14. The zero-order valence-electron chi connectivity index (χ0n) is 15.1. The third-order valence-corrected chi connectivity index (χ3v) is 3.70. The maximum absolute atomic E-state index is 12.1. The van der Waals surface area contributed by atoms with Crippen molar-refractivity contribution in [3.63, 3.8) is 0 Å². The first-order chi connectivity index (χ1) is 12.3. The van der Waals surface area contributed by atoms with E-state index in [-0.39, 0.29) is 17.4 Å². The number of hydrogen-bond acceptors (Lipinski definition) is 5. The van der Waals surface area contributed by atoms with E-state index >= 15 is 0 Å². The summed E-state index contributed by atoms with van der Waals surface area (Å²) < 4.78 is 1.21. The van der Waals surface area contributed by atoms with Crippen LogP contribution in [0.3, 0.4) is 0 Å². The van der Waals surface area contributed by atoms with Gasteiger partial charge >= 0.3 is 11.8 Å². The minimum atomic E-state index is -0.824. The van der Waals surface area contributed by atoms with Gasteiger partial charge in [-0.05, 0) is 20.3 Å². The Balaban J connectivity index is 2.13. The fraction of sp³-hybridized carbons (Fsp3) is 0.412. The van der Waals surface area contributed by atoms with Crippen molar-refractivity contribution in [1.29, 1.82) is 0 Å². The summed E-state index contributed by atoms with van der Waals surface area (Å²) in [5.74, 6) is -1.87. The largest absolute Gasteiger partial charge is 0.348 e. The number of amides is 3. The molecule has 2 N–H and O–H groups in total. The Hall–Kier alpha value is -3.10. The van der Waals surface area contributed by atoms with Crippen LogP contribution >= 0.6 is 0 Å². The van der Waals surface area contributed by atoms with Crippen molar-refractivity contribution in [3.05, 3.63) is 23.9 Å². The van der Waals surface area contributed by atoms with Crippen molar-refractivity contribution in [1.82, 2.24) is 15.1 Å². The number of nitrogens with zero attached hydrogens (tertiary/aromatic N) is 4. The summed E-state index contributed by atoms with van der Waals surface area (Å²) >= 11 is 0. The van der Waals surface area contributed by atoms with Crippen molar-refractivity contribution in [3.8, 4) is 0 Å². The first-order valence-corrected chi connectivity index (χ1v) is 8.37. The summed E-state index contributed by atoms with van der Waals surface area (Å²) in [6.07, 6.45) is 2.81. The lowest BCUT2D eigenvalue weighted by atomic mass is 10.2. The Morgan fingerprint density at radius 1 is 1.19 bits per heavy atom. The van der Waals surface area contributed by atoms with Crippen LogP contribution in [0.15, 0.2) is 28.2 Å². The van der Waals surface area contributed by atoms with Gasteiger partial charge in [0.25, 0.3) is 11.9 Å². The predicted molar refractivity (Wildman–Crippen MR) is 98.2 cm³/mol. The maximum atomic E-state index is 12.1. The number of carbonyl (C=O) groups is 3. The minimum Gasteiger partial charge on any atom is -0.348 e. The van der Waals surface area contributed by atoms with Gasteiger partial charge in [-0.25, -0.2) is 4.99 Å². The number of nitrogens with one attached hydrogen (secondary N) is 2. The van der Waals surface area contributed by atoms with E-state index in [1.165, 1.54) is 4.68 Å². The van der Waals surface area contributed by atoms with Gasteiger partial charge in [-0.2, -0.15) is 14.8 Å². The number of anilines is 1. The van der Waals surface area contributed by atoms with Crippen LogP contribution in [0.2, 0.25) is 0 Å². The molecule has 0 spiro atoms. The summed E-state index contributed by atoms with van der Waals surface area (Å²) in [6, 6.07) is 1.56.